The van der Waals surface area contributed by atoms with E-state index >= 15 is 0 Å². The minimum Gasteiger partial charge on any atom is -0.480 e. The van der Waals surface area contributed by atoms with E-state index in [1.165, 1.54) is 0 Å². The Morgan fingerprint density at radius 1 is 1.00 bits per heavy atom. The van der Waals surface area contributed by atoms with Gasteiger partial charge in [0, 0.05) is 6.42 Å². The molecule has 1 fully saturated rings. The number of rotatable bonds is 13. The Labute approximate surface area is 207 Å². The van der Waals surface area contributed by atoms with Crippen molar-refractivity contribution in [3.05, 3.63) is 35.9 Å². The Morgan fingerprint density at radius 2 is 1.66 bits per heavy atom. The third kappa shape index (κ3) is 8.98. The maximum Gasteiger partial charge on any atom is 0.326 e. The summed E-state index contributed by atoms with van der Waals surface area (Å²) in [4.78, 5) is 50.9. The average molecular weight is 489 g/mol. The molecule has 0 aromatic heterocycles. The molecule has 35 heavy (non-hydrogen) atoms. The van der Waals surface area contributed by atoms with Gasteiger partial charge in [-0.2, -0.15) is 0 Å². The average Bonchev–Trinajstić information content (AvgIpc) is 3.36. The number of hydrogen-bond donors (Lipinski definition) is 5. The highest BCUT2D eigenvalue weighted by molar-refractivity contribution is 5.94. The third-order valence-corrected chi connectivity index (χ3v) is 6.41. The zero-order chi connectivity index (χ0) is 26.0. The van der Waals surface area contributed by atoms with Gasteiger partial charge in [0.2, 0.25) is 17.7 Å². The van der Waals surface area contributed by atoms with Crippen molar-refractivity contribution in [1.82, 2.24) is 21.3 Å². The summed E-state index contributed by atoms with van der Waals surface area (Å²) in [6.45, 7) is 8.22. The number of hydrogen-bond acceptors (Lipinski definition) is 5. The van der Waals surface area contributed by atoms with Crippen LogP contribution in [-0.2, 0) is 25.6 Å². The molecule has 9 nitrogen and oxygen atoms in total. The van der Waals surface area contributed by atoms with Gasteiger partial charge in [-0.1, -0.05) is 64.4 Å². The van der Waals surface area contributed by atoms with E-state index in [1.54, 1.807) is 6.92 Å². The molecule has 1 aromatic carbocycles. The minimum absolute atomic E-state index is 0.0720. The van der Waals surface area contributed by atoms with E-state index in [-0.39, 0.29) is 30.2 Å². The normalized spacial score (nSPS) is 18.8. The van der Waals surface area contributed by atoms with Gasteiger partial charge < -0.3 is 26.4 Å². The molecule has 5 N–H and O–H groups in total. The van der Waals surface area contributed by atoms with E-state index in [2.05, 4.69) is 21.3 Å². The van der Waals surface area contributed by atoms with E-state index in [9.17, 15) is 24.3 Å². The predicted octanol–water partition coefficient (Wildman–Crippen LogP) is 1.61. The summed E-state index contributed by atoms with van der Waals surface area (Å²) in [6, 6.07) is 6.16. The van der Waals surface area contributed by atoms with E-state index in [0.717, 1.165) is 18.5 Å². The van der Waals surface area contributed by atoms with Crippen molar-refractivity contribution in [1.29, 1.82) is 0 Å². The fourth-order valence-electron chi connectivity index (χ4n) is 4.15. The van der Waals surface area contributed by atoms with E-state index in [1.807, 2.05) is 51.1 Å². The van der Waals surface area contributed by atoms with Crippen LogP contribution < -0.4 is 21.3 Å². The van der Waals surface area contributed by atoms with Gasteiger partial charge in [-0.05, 0) is 43.2 Å². The molecule has 9 heteroatoms. The monoisotopic (exact) mass is 488 g/mol. The Bertz CT molecular complexity index is 855. The standard InChI is InChI=1S/C26H40N4O5/c1-5-17(4)22(26(34)35)30-25(33)20(14-16(2)3)28-24(32)21(15-18-10-7-6-8-11-18)29-23(31)19-12-9-13-27-19/h6-8,10-11,16-17,19-22,27H,5,9,12-15H2,1-4H3,(H,28,32)(H,29,31)(H,30,33)(H,34,35). The molecule has 0 bridgehead atoms. The highest BCUT2D eigenvalue weighted by Gasteiger charge is 2.33. The number of carboxylic acid groups (broad SMARTS) is 1. The quantitative estimate of drug-likeness (QED) is 0.286. The molecular weight excluding hydrogens is 448 g/mol. The molecule has 2 rings (SSSR count). The number of carbonyl (C=O) groups excluding carboxylic acids is 3. The van der Waals surface area contributed by atoms with Crippen LogP contribution in [0.3, 0.4) is 0 Å². The van der Waals surface area contributed by atoms with Gasteiger partial charge in [0.05, 0.1) is 6.04 Å². The van der Waals surface area contributed by atoms with Gasteiger partial charge in [0.25, 0.3) is 0 Å². The summed E-state index contributed by atoms with van der Waals surface area (Å²) in [5.41, 5.74) is 0.875. The Balaban J connectivity index is 2.19. The largest absolute Gasteiger partial charge is 0.480 e. The summed E-state index contributed by atoms with van der Waals surface area (Å²) in [5, 5.41) is 20.9. The van der Waals surface area contributed by atoms with Crippen molar-refractivity contribution in [2.24, 2.45) is 11.8 Å². The Morgan fingerprint density at radius 3 is 2.20 bits per heavy atom. The van der Waals surface area contributed by atoms with Crippen LogP contribution in [0.5, 0.6) is 0 Å². The van der Waals surface area contributed by atoms with Crippen LogP contribution in [0.1, 0.15) is 58.9 Å². The maximum atomic E-state index is 13.4. The first-order valence-electron chi connectivity index (χ1n) is 12.5. The van der Waals surface area contributed by atoms with E-state index in [0.29, 0.717) is 19.3 Å². The smallest absolute Gasteiger partial charge is 0.326 e. The second-order valence-electron chi connectivity index (χ2n) is 9.80. The number of nitrogens with one attached hydrogen (secondary N) is 4. The highest BCUT2D eigenvalue weighted by atomic mass is 16.4. The van der Waals surface area contributed by atoms with Crippen LogP contribution in [-0.4, -0.2) is 59.5 Å². The van der Waals surface area contributed by atoms with E-state index < -0.39 is 35.9 Å². The predicted molar refractivity (Wildman–Crippen MR) is 134 cm³/mol. The summed E-state index contributed by atoms with van der Waals surface area (Å²) in [7, 11) is 0. The molecule has 1 heterocycles. The molecule has 1 aromatic rings. The lowest BCUT2D eigenvalue weighted by atomic mass is 9.97. The zero-order valence-corrected chi connectivity index (χ0v) is 21.2. The first-order chi connectivity index (χ1) is 16.6. The van der Waals surface area contributed by atoms with Crippen LogP contribution in [0.4, 0.5) is 0 Å². The molecule has 1 aliphatic rings. The second-order valence-corrected chi connectivity index (χ2v) is 9.80. The van der Waals surface area contributed by atoms with E-state index in [4.69, 9.17) is 0 Å². The van der Waals surface area contributed by atoms with Crippen molar-refractivity contribution < 1.29 is 24.3 Å². The van der Waals surface area contributed by atoms with Crippen LogP contribution in [0.2, 0.25) is 0 Å². The first-order valence-corrected chi connectivity index (χ1v) is 12.5. The molecular formula is C26H40N4O5. The van der Waals surface area contributed by atoms with Crippen LogP contribution in [0, 0.1) is 11.8 Å². The SMILES string of the molecule is CCC(C)C(NC(=O)C(CC(C)C)NC(=O)C(Cc1ccccc1)NC(=O)C1CCCN1)C(=O)O. The van der Waals surface area contributed by atoms with Crippen LogP contribution >= 0.6 is 0 Å². The van der Waals surface area contributed by atoms with Crippen LogP contribution in [0.15, 0.2) is 30.3 Å². The van der Waals surface area contributed by atoms with Gasteiger partial charge >= 0.3 is 5.97 Å². The lowest BCUT2D eigenvalue weighted by Gasteiger charge is -2.27. The molecule has 1 aliphatic heterocycles. The summed E-state index contributed by atoms with van der Waals surface area (Å²) in [6.07, 6.45) is 2.78. The maximum absolute atomic E-state index is 13.4. The fraction of sp³-hybridized carbons (Fsp3) is 0.615. The molecule has 0 aliphatic carbocycles. The Kier molecular flexibility index (Phi) is 11.2. The number of benzene rings is 1. The molecule has 1 saturated heterocycles. The topological polar surface area (TPSA) is 137 Å². The number of carbonyl (C=O) groups is 4. The summed E-state index contributed by atoms with van der Waals surface area (Å²) >= 11 is 0. The van der Waals surface area contributed by atoms with Crippen LogP contribution in [0.25, 0.3) is 0 Å². The third-order valence-electron chi connectivity index (χ3n) is 6.41. The summed E-state index contributed by atoms with van der Waals surface area (Å²) < 4.78 is 0. The number of carboxylic acids is 1. The van der Waals surface area contributed by atoms with Gasteiger partial charge in [-0.15, -0.1) is 0 Å². The van der Waals surface area contributed by atoms with Gasteiger partial charge in [-0.3, -0.25) is 14.4 Å². The van der Waals surface area contributed by atoms with Crippen molar-refractivity contribution in [2.75, 3.05) is 6.54 Å². The fourth-order valence-corrected chi connectivity index (χ4v) is 4.15. The van der Waals surface area contributed by atoms with Gasteiger partial charge in [0.1, 0.15) is 18.1 Å². The molecule has 0 spiro atoms. The molecule has 3 amide bonds. The Hall–Kier alpha value is -2.94. The highest BCUT2D eigenvalue weighted by Crippen LogP contribution is 2.12. The molecule has 5 unspecified atom stereocenters. The zero-order valence-electron chi connectivity index (χ0n) is 21.2. The molecule has 0 radical (unpaired) electrons. The van der Waals surface area contributed by atoms with Crippen molar-refractivity contribution in [2.45, 2.75) is 84.0 Å². The van der Waals surface area contributed by atoms with Gasteiger partial charge in [-0.25, -0.2) is 4.79 Å². The van der Waals surface area contributed by atoms with Crippen molar-refractivity contribution in [3.63, 3.8) is 0 Å². The molecule has 5 atom stereocenters. The van der Waals surface area contributed by atoms with Crippen molar-refractivity contribution in [3.8, 4) is 0 Å². The number of aliphatic carboxylic acids is 1. The minimum atomic E-state index is -1.11. The molecule has 194 valence electrons. The van der Waals surface area contributed by atoms with Gasteiger partial charge in [0.15, 0.2) is 0 Å². The van der Waals surface area contributed by atoms with Crippen molar-refractivity contribution >= 4 is 23.7 Å². The molecule has 0 saturated carbocycles. The first kappa shape index (κ1) is 28.3. The lowest BCUT2D eigenvalue weighted by molar-refractivity contribution is -0.144. The summed E-state index contributed by atoms with van der Waals surface area (Å²) in [5.74, 6) is -2.57. The number of amides is 3. The second kappa shape index (κ2) is 13.8. The lowest BCUT2D eigenvalue weighted by Crippen LogP contribution is -2.58.